The molecule has 2 amide bonds. The fraction of sp³-hybridized carbons (Fsp3) is 0.190. The second-order valence-corrected chi connectivity index (χ2v) is 8.36. The van der Waals surface area contributed by atoms with E-state index in [-0.39, 0.29) is 23.7 Å². The van der Waals surface area contributed by atoms with E-state index in [0.717, 1.165) is 9.87 Å². The van der Waals surface area contributed by atoms with Crippen molar-refractivity contribution in [3.63, 3.8) is 0 Å². The van der Waals surface area contributed by atoms with Gasteiger partial charge in [-0.15, -0.1) is 0 Å². The van der Waals surface area contributed by atoms with Crippen LogP contribution in [0.5, 0.6) is 5.75 Å². The number of carbonyl (C=O) groups excluding carboxylic acids is 3. The van der Waals surface area contributed by atoms with Crippen LogP contribution >= 0.6 is 0 Å². The minimum atomic E-state index is -4.06. The highest BCUT2D eigenvalue weighted by atomic mass is 32.2. The van der Waals surface area contributed by atoms with E-state index in [0.29, 0.717) is 5.56 Å². The molecule has 1 heterocycles. The Labute approximate surface area is 185 Å². The minimum absolute atomic E-state index is 0.104. The number of hydrogen-bond acceptors (Lipinski definition) is 7. The van der Waals surface area contributed by atoms with E-state index >= 15 is 0 Å². The van der Waals surface area contributed by atoms with Gasteiger partial charge in [0.2, 0.25) is 5.91 Å². The topological polar surface area (TPSA) is 131 Å². The number of amides is 2. The van der Waals surface area contributed by atoms with Crippen LogP contribution in [-0.2, 0) is 35.9 Å². The van der Waals surface area contributed by atoms with Crippen LogP contribution in [0.3, 0.4) is 0 Å². The number of nitrogens with one attached hydrogen (secondary N) is 2. The fourth-order valence-electron chi connectivity index (χ4n) is 2.95. The number of rotatable bonds is 7. The van der Waals surface area contributed by atoms with Gasteiger partial charge in [-0.2, -0.15) is 8.42 Å². The van der Waals surface area contributed by atoms with Crippen LogP contribution in [0, 0.1) is 0 Å². The van der Waals surface area contributed by atoms with Crippen molar-refractivity contribution in [2.75, 3.05) is 18.0 Å². The molecular formula is C21H21N3O7S. The number of benzene rings is 2. The summed E-state index contributed by atoms with van der Waals surface area (Å²) in [6.07, 6.45) is 1.37. The van der Waals surface area contributed by atoms with Gasteiger partial charge >= 0.3 is 16.2 Å². The SMILES string of the molecule is COC(=O)/C(=C/c1ccc(N2CC(=O)NS2(=O)=O)c(OCc2ccccc2)c1)NC(C)=O. The van der Waals surface area contributed by atoms with Gasteiger partial charge in [-0.25, -0.2) is 13.8 Å². The van der Waals surface area contributed by atoms with Gasteiger partial charge in [-0.3, -0.25) is 9.59 Å². The van der Waals surface area contributed by atoms with Crippen molar-refractivity contribution in [3.8, 4) is 5.75 Å². The zero-order chi connectivity index (χ0) is 23.3. The van der Waals surface area contributed by atoms with E-state index in [1.807, 2.05) is 35.1 Å². The van der Waals surface area contributed by atoms with Crippen LogP contribution < -0.4 is 19.1 Å². The van der Waals surface area contributed by atoms with Crippen LogP contribution in [0.1, 0.15) is 18.1 Å². The Kier molecular flexibility index (Phi) is 6.79. The molecule has 3 rings (SSSR count). The molecule has 2 aromatic carbocycles. The Morgan fingerprint density at radius 2 is 1.91 bits per heavy atom. The van der Waals surface area contributed by atoms with Gasteiger partial charge in [-0.05, 0) is 29.3 Å². The lowest BCUT2D eigenvalue weighted by Crippen LogP contribution is -2.29. The van der Waals surface area contributed by atoms with Crippen LogP contribution in [-0.4, -0.2) is 39.9 Å². The molecule has 1 aliphatic rings. The summed E-state index contributed by atoms with van der Waals surface area (Å²) in [6.45, 7) is 0.987. The molecule has 0 aliphatic carbocycles. The molecule has 0 bridgehead atoms. The van der Waals surface area contributed by atoms with Crippen molar-refractivity contribution < 1.29 is 32.3 Å². The van der Waals surface area contributed by atoms with Gasteiger partial charge in [0.1, 0.15) is 24.6 Å². The zero-order valence-electron chi connectivity index (χ0n) is 17.3. The third-order valence-electron chi connectivity index (χ3n) is 4.34. The average Bonchev–Trinajstić information content (AvgIpc) is 3.03. The Hall–Kier alpha value is -3.86. The van der Waals surface area contributed by atoms with Gasteiger partial charge in [0.15, 0.2) is 0 Å². The van der Waals surface area contributed by atoms with Crippen LogP contribution in [0.4, 0.5) is 5.69 Å². The highest BCUT2D eigenvalue weighted by molar-refractivity contribution is 7.92. The smallest absolute Gasteiger partial charge is 0.354 e. The quantitative estimate of drug-likeness (QED) is 0.468. The maximum Gasteiger partial charge on any atom is 0.354 e. The summed E-state index contributed by atoms with van der Waals surface area (Å²) < 4.78 is 38.0. The fourth-order valence-corrected chi connectivity index (χ4v) is 4.11. The Balaban J connectivity index is 2.02. The van der Waals surface area contributed by atoms with Gasteiger partial charge in [0, 0.05) is 6.92 Å². The molecule has 10 nitrogen and oxygen atoms in total. The zero-order valence-corrected chi connectivity index (χ0v) is 18.1. The predicted octanol–water partition coefficient (Wildman–Crippen LogP) is 1.10. The van der Waals surface area contributed by atoms with Crippen molar-refractivity contribution in [1.29, 1.82) is 0 Å². The molecular weight excluding hydrogens is 438 g/mol. The first-order valence-electron chi connectivity index (χ1n) is 9.41. The highest BCUT2D eigenvalue weighted by Crippen LogP contribution is 2.33. The Morgan fingerprint density at radius 1 is 1.19 bits per heavy atom. The van der Waals surface area contributed by atoms with Gasteiger partial charge in [0.25, 0.3) is 5.91 Å². The molecule has 1 fully saturated rings. The standard InChI is InChI=1S/C21H21N3O7S/c1-14(25)22-17(21(27)30-2)10-16-8-9-18(24-12-20(26)23-32(24,28)29)19(11-16)31-13-15-6-4-3-5-7-15/h3-11H,12-13H2,1-2H3,(H,22,25)(H,23,26)/b17-10-. The molecule has 0 aromatic heterocycles. The second kappa shape index (κ2) is 9.52. The van der Waals surface area contributed by atoms with Crippen LogP contribution in [0.2, 0.25) is 0 Å². The van der Waals surface area contributed by atoms with Crippen molar-refractivity contribution in [3.05, 3.63) is 65.4 Å². The monoisotopic (exact) mass is 459 g/mol. The Bertz CT molecular complexity index is 1180. The molecule has 1 aliphatic heterocycles. The lowest BCUT2D eigenvalue weighted by atomic mass is 10.1. The van der Waals surface area contributed by atoms with E-state index in [4.69, 9.17) is 4.74 Å². The number of methoxy groups -OCH3 is 1. The normalized spacial score (nSPS) is 15.1. The van der Waals surface area contributed by atoms with Crippen molar-refractivity contribution >= 4 is 39.8 Å². The van der Waals surface area contributed by atoms with Gasteiger partial charge in [-0.1, -0.05) is 36.4 Å². The number of esters is 1. The maximum absolute atomic E-state index is 12.3. The Morgan fingerprint density at radius 3 is 2.50 bits per heavy atom. The molecule has 32 heavy (non-hydrogen) atoms. The second-order valence-electron chi connectivity index (χ2n) is 6.77. The van der Waals surface area contributed by atoms with E-state index < -0.39 is 34.5 Å². The number of carbonyl (C=O) groups is 3. The van der Waals surface area contributed by atoms with Crippen molar-refractivity contribution in [2.24, 2.45) is 0 Å². The summed E-state index contributed by atoms with van der Waals surface area (Å²) in [5.41, 5.74) is 1.32. The summed E-state index contributed by atoms with van der Waals surface area (Å²) in [5.74, 6) is -1.73. The molecule has 0 atom stereocenters. The molecule has 168 valence electrons. The predicted molar refractivity (Wildman–Crippen MR) is 115 cm³/mol. The van der Waals surface area contributed by atoms with Crippen LogP contribution in [0.25, 0.3) is 6.08 Å². The summed E-state index contributed by atoms with van der Waals surface area (Å²) >= 11 is 0. The van der Waals surface area contributed by atoms with E-state index in [1.165, 1.54) is 38.3 Å². The molecule has 11 heteroatoms. The molecule has 0 radical (unpaired) electrons. The van der Waals surface area contributed by atoms with Crippen LogP contribution in [0.15, 0.2) is 54.2 Å². The van der Waals surface area contributed by atoms with E-state index in [2.05, 4.69) is 10.1 Å². The van der Waals surface area contributed by atoms with Gasteiger partial charge < -0.3 is 14.8 Å². The number of anilines is 1. The lowest BCUT2D eigenvalue weighted by molar-refractivity contribution is -0.137. The lowest BCUT2D eigenvalue weighted by Gasteiger charge is -2.19. The first kappa shape index (κ1) is 22.8. The summed E-state index contributed by atoms with van der Waals surface area (Å²) in [7, 11) is -2.88. The largest absolute Gasteiger partial charge is 0.487 e. The molecule has 2 N–H and O–H groups in total. The summed E-state index contributed by atoms with van der Waals surface area (Å²) in [6, 6.07) is 13.7. The molecule has 0 spiro atoms. The van der Waals surface area contributed by atoms with Gasteiger partial charge in [0.05, 0.1) is 12.8 Å². The maximum atomic E-state index is 12.3. The minimum Gasteiger partial charge on any atom is -0.487 e. The number of ether oxygens (including phenoxy) is 2. The molecule has 2 aromatic rings. The third-order valence-corrected chi connectivity index (χ3v) is 5.73. The van der Waals surface area contributed by atoms with Crippen molar-refractivity contribution in [2.45, 2.75) is 13.5 Å². The first-order valence-corrected chi connectivity index (χ1v) is 10.9. The number of hydrogen-bond donors (Lipinski definition) is 2. The highest BCUT2D eigenvalue weighted by Gasteiger charge is 2.35. The van der Waals surface area contributed by atoms with Crippen molar-refractivity contribution in [1.82, 2.24) is 10.0 Å². The molecule has 1 saturated heterocycles. The van der Waals surface area contributed by atoms with E-state index in [1.54, 1.807) is 0 Å². The van der Waals surface area contributed by atoms with E-state index in [9.17, 15) is 22.8 Å². The molecule has 0 unspecified atom stereocenters. The number of nitrogens with zero attached hydrogens (tertiary/aromatic N) is 1. The average molecular weight is 459 g/mol. The summed E-state index contributed by atoms with van der Waals surface area (Å²) in [5, 5.41) is 2.39. The first-order chi connectivity index (χ1) is 15.2. The molecule has 0 saturated carbocycles. The third kappa shape index (κ3) is 5.43. The summed E-state index contributed by atoms with van der Waals surface area (Å²) in [4.78, 5) is 35.1.